The van der Waals surface area contributed by atoms with Gasteiger partial charge in [0.1, 0.15) is 0 Å². The van der Waals surface area contributed by atoms with Crippen LogP contribution in [0.4, 0.5) is 5.69 Å². The van der Waals surface area contributed by atoms with Crippen LogP contribution in [-0.2, 0) is 4.74 Å². The van der Waals surface area contributed by atoms with Gasteiger partial charge in [0.2, 0.25) is 0 Å². The molecular weight excluding hydrogens is 256 g/mol. The Kier molecular flexibility index (Phi) is 5.09. The number of nitro groups is 1. The van der Waals surface area contributed by atoms with Crippen molar-refractivity contribution in [3.8, 4) is 0 Å². The Morgan fingerprint density at radius 1 is 1.55 bits per heavy atom. The number of hydrogen-bond acceptors (Lipinski definition) is 4. The fourth-order valence-electron chi connectivity index (χ4n) is 2.69. The first-order valence-electron chi connectivity index (χ1n) is 7.21. The zero-order valence-corrected chi connectivity index (χ0v) is 12.0. The summed E-state index contributed by atoms with van der Waals surface area (Å²) in [5.41, 5.74) is 1.13. The van der Waals surface area contributed by atoms with E-state index >= 15 is 0 Å². The second-order valence-corrected chi connectivity index (χ2v) is 5.35. The van der Waals surface area contributed by atoms with Crippen molar-refractivity contribution in [3.63, 3.8) is 0 Å². The molecule has 0 spiro atoms. The van der Waals surface area contributed by atoms with Crippen LogP contribution in [-0.4, -0.2) is 24.2 Å². The van der Waals surface area contributed by atoms with Gasteiger partial charge in [-0.1, -0.05) is 19.1 Å². The van der Waals surface area contributed by atoms with Gasteiger partial charge in [0, 0.05) is 31.3 Å². The summed E-state index contributed by atoms with van der Waals surface area (Å²) in [5.74, 6) is 0.530. The predicted molar refractivity (Wildman–Crippen MR) is 77.7 cm³/mol. The lowest BCUT2D eigenvalue weighted by Crippen LogP contribution is -2.30. The minimum atomic E-state index is -0.344. The van der Waals surface area contributed by atoms with Crippen molar-refractivity contribution in [2.45, 2.75) is 38.8 Å². The number of rotatable bonds is 6. The van der Waals surface area contributed by atoms with Gasteiger partial charge < -0.3 is 10.1 Å². The summed E-state index contributed by atoms with van der Waals surface area (Å²) in [7, 11) is 0. The van der Waals surface area contributed by atoms with E-state index in [1.807, 2.05) is 6.07 Å². The van der Waals surface area contributed by atoms with Crippen molar-refractivity contribution in [1.29, 1.82) is 0 Å². The standard InChI is InChI=1S/C15H22N2O3/c1-3-15(16-10-13-7-8-20-11(13)2)12-5-4-6-14(9-12)17(18)19/h4-6,9,11,13,15-16H,3,7-8,10H2,1-2H3. The van der Waals surface area contributed by atoms with Crippen LogP contribution in [0, 0.1) is 16.0 Å². The van der Waals surface area contributed by atoms with Crippen molar-refractivity contribution in [2.24, 2.45) is 5.92 Å². The van der Waals surface area contributed by atoms with Crippen molar-refractivity contribution in [2.75, 3.05) is 13.2 Å². The molecule has 110 valence electrons. The molecular formula is C15H22N2O3. The topological polar surface area (TPSA) is 64.4 Å². The first-order valence-corrected chi connectivity index (χ1v) is 7.21. The summed E-state index contributed by atoms with van der Waals surface area (Å²) in [6.07, 6.45) is 2.29. The first kappa shape index (κ1) is 14.9. The van der Waals surface area contributed by atoms with E-state index < -0.39 is 0 Å². The Morgan fingerprint density at radius 3 is 2.95 bits per heavy atom. The minimum Gasteiger partial charge on any atom is -0.378 e. The molecule has 0 bridgehead atoms. The molecule has 1 heterocycles. The molecule has 1 fully saturated rings. The summed E-state index contributed by atoms with van der Waals surface area (Å²) < 4.78 is 5.56. The number of nitro benzene ring substituents is 1. The van der Waals surface area contributed by atoms with Crippen LogP contribution in [0.3, 0.4) is 0 Å². The van der Waals surface area contributed by atoms with E-state index in [1.165, 1.54) is 6.07 Å². The van der Waals surface area contributed by atoms with Crippen molar-refractivity contribution >= 4 is 5.69 Å². The normalized spacial score (nSPS) is 23.7. The fraction of sp³-hybridized carbons (Fsp3) is 0.600. The Bertz CT molecular complexity index is 464. The van der Waals surface area contributed by atoms with Crippen molar-refractivity contribution in [3.05, 3.63) is 39.9 Å². The van der Waals surface area contributed by atoms with Crippen molar-refractivity contribution < 1.29 is 9.66 Å². The zero-order valence-electron chi connectivity index (χ0n) is 12.0. The van der Waals surface area contributed by atoms with Crippen LogP contribution >= 0.6 is 0 Å². The smallest absolute Gasteiger partial charge is 0.269 e. The summed E-state index contributed by atoms with van der Waals surface area (Å²) in [6.45, 7) is 5.92. The van der Waals surface area contributed by atoms with Gasteiger partial charge in [-0.05, 0) is 31.2 Å². The molecule has 5 heteroatoms. The largest absolute Gasteiger partial charge is 0.378 e. The highest BCUT2D eigenvalue weighted by molar-refractivity contribution is 5.35. The van der Waals surface area contributed by atoms with E-state index in [1.54, 1.807) is 12.1 Å². The molecule has 0 radical (unpaired) electrons. The van der Waals surface area contributed by atoms with Crippen LogP contribution in [0.5, 0.6) is 0 Å². The van der Waals surface area contributed by atoms with Gasteiger partial charge in [0.25, 0.3) is 5.69 Å². The highest BCUT2D eigenvalue weighted by atomic mass is 16.6. The predicted octanol–water partition coefficient (Wildman–Crippen LogP) is 3.06. The first-order chi connectivity index (χ1) is 9.61. The highest BCUT2D eigenvalue weighted by Gasteiger charge is 2.25. The number of hydrogen-bond donors (Lipinski definition) is 1. The maximum atomic E-state index is 10.8. The SMILES string of the molecule is CCC(NCC1CCOC1C)c1cccc([N+](=O)[O-])c1. The van der Waals surface area contributed by atoms with Gasteiger partial charge >= 0.3 is 0 Å². The van der Waals surface area contributed by atoms with Gasteiger partial charge in [-0.2, -0.15) is 0 Å². The van der Waals surface area contributed by atoms with Crippen LogP contribution in [0.1, 0.15) is 38.3 Å². The van der Waals surface area contributed by atoms with Crippen LogP contribution in [0.15, 0.2) is 24.3 Å². The number of ether oxygens (including phenoxy) is 1. The molecule has 1 aliphatic heterocycles. The summed E-state index contributed by atoms with van der Waals surface area (Å²) in [4.78, 5) is 10.5. The molecule has 1 aromatic carbocycles. The third kappa shape index (κ3) is 3.55. The molecule has 1 N–H and O–H groups in total. The third-order valence-electron chi connectivity index (χ3n) is 4.05. The summed E-state index contributed by atoms with van der Waals surface area (Å²) >= 11 is 0. The van der Waals surface area contributed by atoms with Crippen LogP contribution < -0.4 is 5.32 Å². The van der Waals surface area contributed by atoms with Gasteiger partial charge in [-0.25, -0.2) is 0 Å². The van der Waals surface area contributed by atoms with E-state index in [4.69, 9.17) is 4.74 Å². The lowest BCUT2D eigenvalue weighted by molar-refractivity contribution is -0.384. The van der Waals surface area contributed by atoms with Crippen LogP contribution in [0.2, 0.25) is 0 Å². The molecule has 1 saturated heterocycles. The molecule has 3 atom stereocenters. The Hall–Kier alpha value is -1.46. The van der Waals surface area contributed by atoms with Gasteiger partial charge in [-0.3, -0.25) is 10.1 Å². The monoisotopic (exact) mass is 278 g/mol. The maximum Gasteiger partial charge on any atom is 0.269 e. The van der Waals surface area contributed by atoms with E-state index in [0.717, 1.165) is 31.6 Å². The second-order valence-electron chi connectivity index (χ2n) is 5.35. The Morgan fingerprint density at radius 2 is 2.35 bits per heavy atom. The van der Waals surface area contributed by atoms with E-state index in [-0.39, 0.29) is 16.7 Å². The average Bonchev–Trinajstić information content (AvgIpc) is 2.85. The number of non-ortho nitro benzene ring substituents is 1. The average molecular weight is 278 g/mol. The Balaban J connectivity index is 2.00. The van der Waals surface area contributed by atoms with Crippen LogP contribution in [0.25, 0.3) is 0 Å². The van der Waals surface area contributed by atoms with Gasteiger partial charge in [0.15, 0.2) is 0 Å². The quantitative estimate of drug-likeness (QED) is 0.641. The molecule has 1 aliphatic rings. The zero-order chi connectivity index (χ0) is 14.5. The highest BCUT2D eigenvalue weighted by Crippen LogP contribution is 2.24. The van der Waals surface area contributed by atoms with E-state index in [2.05, 4.69) is 19.2 Å². The molecule has 5 nitrogen and oxygen atoms in total. The molecule has 1 aromatic rings. The minimum absolute atomic E-state index is 0.153. The van der Waals surface area contributed by atoms with Gasteiger partial charge in [0.05, 0.1) is 11.0 Å². The molecule has 20 heavy (non-hydrogen) atoms. The lowest BCUT2D eigenvalue weighted by Gasteiger charge is -2.21. The molecule has 0 saturated carbocycles. The number of nitrogens with zero attached hydrogens (tertiary/aromatic N) is 1. The summed E-state index contributed by atoms with van der Waals surface area (Å²) in [5, 5.41) is 14.4. The molecule has 0 aromatic heterocycles. The molecule has 0 aliphatic carbocycles. The van der Waals surface area contributed by atoms with E-state index in [9.17, 15) is 10.1 Å². The third-order valence-corrected chi connectivity index (χ3v) is 4.05. The molecule has 0 amide bonds. The fourth-order valence-corrected chi connectivity index (χ4v) is 2.69. The van der Waals surface area contributed by atoms with E-state index in [0.29, 0.717) is 12.0 Å². The lowest BCUT2D eigenvalue weighted by atomic mass is 9.99. The summed E-state index contributed by atoms with van der Waals surface area (Å²) in [6, 6.07) is 7.04. The second kappa shape index (κ2) is 6.81. The number of benzene rings is 1. The maximum absolute atomic E-state index is 10.8. The Labute approximate surface area is 119 Å². The number of nitrogens with one attached hydrogen (secondary N) is 1. The van der Waals surface area contributed by atoms with Crippen molar-refractivity contribution in [1.82, 2.24) is 5.32 Å². The molecule has 2 rings (SSSR count). The van der Waals surface area contributed by atoms with Gasteiger partial charge in [-0.15, -0.1) is 0 Å². The molecule has 3 unspecified atom stereocenters.